The van der Waals surface area contributed by atoms with Gasteiger partial charge in [0.2, 0.25) is 0 Å². The summed E-state index contributed by atoms with van der Waals surface area (Å²) in [4.78, 5) is 14.5. The van der Waals surface area contributed by atoms with E-state index in [1.165, 1.54) is 12.1 Å². The standard InChI is InChI=1S/C18H16FNO/c1-2-11-20-16-6-4-3-5-15(16)18(21)12-17(20)13-7-9-14(19)10-8-13/h2-10,17H,1,11-12H2/t17-/m0/s1. The summed E-state index contributed by atoms with van der Waals surface area (Å²) in [6.45, 7) is 4.45. The minimum atomic E-state index is -0.267. The molecule has 0 unspecified atom stereocenters. The second-order valence-electron chi connectivity index (χ2n) is 5.15. The molecule has 0 aliphatic carbocycles. The Balaban J connectivity index is 2.06. The zero-order valence-electron chi connectivity index (χ0n) is 11.6. The van der Waals surface area contributed by atoms with Crippen LogP contribution in [0.1, 0.15) is 28.4 Å². The maximum atomic E-state index is 13.1. The molecule has 1 heterocycles. The van der Waals surface area contributed by atoms with Gasteiger partial charge in [0.1, 0.15) is 5.82 Å². The number of Topliss-reactive ketones (excluding diaryl/α,β-unsaturated/α-hetero) is 1. The first-order valence-corrected chi connectivity index (χ1v) is 6.96. The van der Waals surface area contributed by atoms with Crippen LogP contribution in [-0.4, -0.2) is 12.3 Å². The van der Waals surface area contributed by atoms with Crippen LogP contribution in [0.15, 0.2) is 61.2 Å². The Bertz CT molecular complexity index is 678. The third kappa shape index (κ3) is 2.47. The lowest BCUT2D eigenvalue weighted by Gasteiger charge is -2.37. The van der Waals surface area contributed by atoms with Crippen molar-refractivity contribution < 1.29 is 9.18 Å². The van der Waals surface area contributed by atoms with Gasteiger partial charge < -0.3 is 4.90 Å². The van der Waals surface area contributed by atoms with E-state index in [1.807, 2.05) is 30.3 Å². The number of nitrogens with zero attached hydrogens (tertiary/aromatic N) is 1. The third-order valence-electron chi connectivity index (χ3n) is 3.85. The molecular weight excluding hydrogens is 265 g/mol. The maximum Gasteiger partial charge on any atom is 0.167 e. The van der Waals surface area contributed by atoms with Crippen LogP contribution in [0.4, 0.5) is 10.1 Å². The summed E-state index contributed by atoms with van der Waals surface area (Å²) in [5, 5.41) is 0. The van der Waals surface area contributed by atoms with Crippen molar-refractivity contribution in [1.29, 1.82) is 0 Å². The first-order valence-electron chi connectivity index (χ1n) is 6.96. The van der Waals surface area contributed by atoms with Gasteiger partial charge in [-0.05, 0) is 29.8 Å². The van der Waals surface area contributed by atoms with Crippen molar-refractivity contribution >= 4 is 11.5 Å². The number of hydrogen-bond acceptors (Lipinski definition) is 2. The molecule has 0 spiro atoms. The highest BCUT2D eigenvalue weighted by atomic mass is 19.1. The van der Waals surface area contributed by atoms with Crippen molar-refractivity contribution in [1.82, 2.24) is 0 Å². The fourth-order valence-corrected chi connectivity index (χ4v) is 2.87. The number of hydrogen-bond donors (Lipinski definition) is 0. The van der Waals surface area contributed by atoms with E-state index < -0.39 is 0 Å². The average Bonchev–Trinajstić information content (AvgIpc) is 2.51. The van der Waals surface area contributed by atoms with E-state index in [0.29, 0.717) is 13.0 Å². The van der Waals surface area contributed by atoms with Crippen molar-refractivity contribution in [3.63, 3.8) is 0 Å². The van der Waals surface area contributed by atoms with Crippen LogP contribution in [-0.2, 0) is 0 Å². The first kappa shape index (κ1) is 13.6. The number of ketones is 1. The van der Waals surface area contributed by atoms with Crippen LogP contribution < -0.4 is 4.90 Å². The molecule has 3 heteroatoms. The van der Waals surface area contributed by atoms with Crippen LogP contribution in [0.2, 0.25) is 0 Å². The van der Waals surface area contributed by atoms with E-state index in [0.717, 1.165) is 16.8 Å². The smallest absolute Gasteiger partial charge is 0.167 e. The zero-order chi connectivity index (χ0) is 14.8. The molecule has 0 saturated carbocycles. The van der Waals surface area contributed by atoms with Crippen molar-refractivity contribution in [2.75, 3.05) is 11.4 Å². The lowest BCUT2D eigenvalue weighted by Crippen LogP contribution is -2.35. The van der Waals surface area contributed by atoms with Gasteiger partial charge in [0, 0.05) is 24.2 Å². The quantitative estimate of drug-likeness (QED) is 0.788. The van der Waals surface area contributed by atoms with Crippen LogP contribution in [0.5, 0.6) is 0 Å². The Kier molecular flexibility index (Phi) is 3.57. The molecule has 1 atom stereocenters. The fraction of sp³-hybridized carbons (Fsp3) is 0.167. The molecule has 0 fully saturated rings. The van der Waals surface area contributed by atoms with E-state index in [1.54, 1.807) is 12.1 Å². The molecular formula is C18H16FNO. The number of carbonyl (C=O) groups is 1. The van der Waals surface area contributed by atoms with Gasteiger partial charge in [-0.25, -0.2) is 4.39 Å². The molecule has 21 heavy (non-hydrogen) atoms. The monoisotopic (exact) mass is 281 g/mol. The van der Waals surface area contributed by atoms with Gasteiger partial charge in [-0.3, -0.25) is 4.79 Å². The lowest BCUT2D eigenvalue weighted by molar-refractivity contribution is 0.0966. The van der Waals surface area contributed by atoms with Crippen LogP contribution in [0.3, 0.4) is 0 Å². The van der Waals surface area contributed by atoms with Crippen LogP contribution in [0.25, 0.3) is 0 Å². The average molecular weight is 281 g/mol. The molecule has 0 N–H and O–H groups in total. The van der Waals surface area contributed by atoms with Gasteiger partial charge in [0.05, 0.1) is 6.04 Å². The summed E-state index contributed by atoms with van der Waals surface area (Å²) in [5.41, 5.74) is 2.61. The zero-order valence-corrected chi connectivity index (χ0v) is 11.6. The van der Waals surface area contributed by atoms with Gasteiger partial charge in [-0.1, -0.05) is 30.3 Å². The number of benzene rings is 2. The molecule has 2 nitrogen and oxygen atoms in total. The normalized spacial score (nSPS) is 17.5. The molecule has 0 bridgehead atoms. The summed E-state index contributed by atoms with van der Waals surface area (Å²) in [6, 6.07) is 13.9. The number of carbonyl (C=O) groups excluding carboxylic acids is 1. The molecule has 1 aliphatic heterocycles. The number of rotatable bonds is 3. The van der Waals surface area contributed by atoms with Gasteiger partial charge in [-0.2, -0.15) is 0 Å². The van der Waals surface area contributed by atoms with E-state index >= 15 is 0 Å². The summed E-state index contributed by atoms with van der Waals surface area (Å²) < 4.78 is 13.1. The van der Waals surface area contributed by atoms with E-state index in [9.17, 15) is 9.18 Å². The van der Waals surface area contributed by atoms with Crippen molar-refractivity contribution in [3.8, 4) is 0 Å². The van der Waals surface area contributed by atoms with Crippen molar-refractivity contribution in [2.24, 2.45) is 0 Å². The van der Waals surface area contributed by atoms with Crippen LogP contribution in [0, 0.1) is 5.82 Å². The molecule has 2 aromatic rings. The summed E-state index contributed by atoms with van der Waals surface area (Å²) in [5.74, 6) is -0.142. The second-order valence-corrected chi connectivity index (χ2v) is 5.15. The van der Waals surface area contributed by atoms with Gasteiger partial charge in [0.25, 0.3) is 0 Å². The molecule has 106 valence electrons. The Morgan fingerprint density at radius 2 is 1.90 bits per heavy atom. The van der Waals surface area contributed by atoms with Crippen LogP contribution >= 0.6 is 0 Å². The fourth-order valence-electron chi connectivity index (χ4n) is 2.87. The Morgan fingerprint density at radius 3 is 2.62 bits per heavy atom. The summed E-state index contributed by atoms with van der Waals surface area (Å²) in [7, 11) is 0. The van der Waals surface area contributed by atoms with Gasteiger partial charge >= 0.3 is 0 Å². The molecule has 0 aromatic heterocycles. The Hall–Kier alpha value is -2.42. The minimum absolute atomic E-state index is 0.0778. The highest BCUT2D eigenvalue weighted by Crippen LogP contribution is 2.38. The SMILES string of the molecule is C=CCN1c2ccccc2C(=O)C[C@H]1c1ccc(F)cc1. The lowest BCUT2D eigenvalue weighted by atomic mass is 9.90. The summed E-state index contributed by atoms with van der Waals surface area (Å²) >= 11 is 0. The molecule has 0 amide bonds. The molecule has 1 aliphatic rings. The van der Waals surface area contributed by atoms with E-state index in [4.69, 9.17) is 0 Å². The molecule has 3 rings (SSSR count). The number of halogens is 1. The van der Waals surface area contributed by atoms with Gasteiger partial charge in [0.15, 0.2) is 5.78 Å². The molecule has 2 aromatic carbocycles. The topological polar surface area (TPSA) is 20.3 Å². The predicted octanol–water partition coefficient (Wildman–Crippen LogP) is 4.15. The molecule has 0 saturated heterocycles. The highest BCUT2D eigenvalue weighted by Gasteiger charge is 2.31. The number of anilines is 1. The maximum absolute atomic E-state index is 13.1. The Morgan fingerprint density at radius 1 is 1.19 bits per heavy atom. The minimum Gasteiger partial charge on any atom is -0.360 e. The van der Waals surface area contributed by atoms with Crippen molar-refractivity contribution in [3.05, 3.63) is 78.1 Å². The van der Waals surface area contributed by atoms with E-state index in [-0.39, 0.29) is 17.6 Å². The first-order chi connectivity index (χ1) is 10.2. The molecule has 0 radical (unpaired) electrons. The Labute approximate surface area is 123 Å². The van der Waals surface area contributed by atoms with Crippen molar-refractivity contribution in [2.45, 2.75) is 12.5 Å². The predicted molar refractivity (Wildman–Crippen MR) is 82.1 cm³/mol. The largest absolute Gasteiger partial charge is 0.360 e. The highest BCUT2D eigenvalue weighted by molar-refractivity contribution is 6.03. The number of para-hydroxylation sites is 1. The van der Waals surface area contributed by atoms with Gasteiger partial charge in [-0.15, -0.1) is 6.58 Å². The third-order valence-corrected chi connectivity index (χ3v) is 3.85. The number of fused-ring (bicyclic) bond motifs is 1. The second kappa shape index (κ2) is 5.52. The van der Waals surface area contributed by atoms with E-state index in [2.05, 4.69) is 11.5 Å². The summed E-state index contributed by atoms with van der Waals surface area (Å²) in [6.07, 6.45) is 2.22.